The molecule has 1 N–H and O–H groups in total. The first-order valence-corrected chi connectivity index (χ1v) is 8.37. The smallest absolute Gasteiger partial charge is 0.0476 e. The maximum atomic E-state index is 3.59. The first-order valence-electron chi connectivity index (χ1n) is 8.37. The maximum absolute atomic E-state index is 3.59. The summed E-state index contributed by atoms with van der Waals surface area (Å²) >= 11 is 0. The van der Waals surface area contributed by atoms with Crippen molar-refractivity contribution < 1.29 is 0 Å². The summed E-state index contributed by atoms with van der Waals surface area (Å²) in [6.45, 7) is 5.93. The molecule has 0 radical (unpaired) electrons. The van der Waals surface area contributed by atoms with Crippen molar-refractivity contribution in [3.8, 4) is 0 Å². The molecule has 1 aliphatic heterocycles. The van der Waals surface area contributed by atoms with Crippen molar-refractivity contribution in [1.29, 1.82) is 0 Å². The van der Waals surface area contributed by atoms with Gasteiger partial charge in [-0.2, -0.15) is 0 Å². The van der Waals surface area contributed by atoms with Crippen molar-refractivity contribution in [3.63, 3.8) is 0 Å². The van der Waals surface area contributed by atoms with Crippen molar-refractivity contribution in [2.45, 2.75) is 51.1 Å². The lowest BCUT2D eigenvalue weighted by Crippen LogP contribution is -2.52. The molecule has 1 saturated carbocycles. The fourth-order valence-electron chi connectivity index (χ4n) is 4.07. The lowest BCUT2D eigenvalue weighted by molar-refractivity contribution is 0.0695. The molecule has 2 fully saturated rings. The highest BCUT2D eigenvalue weighted by molar-refractivity contribution is 5.20. The predicted octanol–water partition coefficient (Wildman–Crippen LogP) is 3.60. The van der Waals surface area contributed by atoms with Crippen LogP contribution in [0.15, 0.2) is 30.3 Å². The molecule has 1 aromatic rings. The zero-order chi connectivity index (χ0) is 13.8. The highest BCUT2D eigenvalue weighted by Gasteiger charge is 2.33. The number of piperazine rings is 1. The summed E-state index contributed by atoms with van der Waals surface area (Å²) in [5.74, 6) is 0.849. The van der Waals surface area contributed by atoms with Gasteiger partial charge in [0.15, 0.2) is 0 Å². The maximum Gasteiger partial charge on any atom is 0.0476 e. The lowest BCUT2D eigenvalue weighted by atomic mass is 9.91. The van der Waals surface area contributed by atoms with Gasteiger partial charge in [-0.3, -0.25) is 4.90 Å². The van der Waals surface area contributed by atoms with E-state index < -0.39 is 0 Å². The Morgan fingerprint density at radius 3 is 2.70 bits per heavy atom. The third-order valence-corrected chi connectivity index (χ3v) is 5.21. The summed E-state index contributed by atoms with van der Waals surface area (Å²) in [7, 11) is 0. The van der Waals surface area contributed by atoms with Crippen LogP contribution in [0.3, 0.4) is 0 Å². The number of hydrogen-bond acceptors (Lipinski definition) is 2. The zero-order valence-electron chi connectivity index (χ0n) is 12.7. The van der Waals surface area contributed by atoms with Crippen molar-refractivity contribution in [2.24, 2.45) is 5.92 Å². The van der Waals surface area contributed by atoms with Crippen molar-refractivity contribution >= 4 is 0 Å². The normalized spacial score (nSPS) is 32.8. The standard InChI is InChI=1S/C18H28N2/c1-15-8-4-2-7-11-17(15)20-13-12-19-14-18(20)16-9-5-3-6-10-16/h3,5-6,9-10,15,17-19H,2,4,7-8,11-14H2,1H3. The molecular weight excluding hydrogens is 244 g/mol. The Bertz CT molecular complexity index is 403. The van der Waals surface area contributed by atoms with E-state index in [1.165, 1.54) is 44.2 Å². The van der Waals surface area contributed by atoms with Crippen molar-refractivity contribution in [1.82, 2.24) is 10.2 Å². The Labute approximate surface area is 123 Å². The highest BCUT2D eigenvalue weighted by Crippen LogP contribution is 2.33. The van der Waals surface area contributed by atoms with Crippen LogP contribution in [0.4, 0.5) is 0 Å². The molecule has 0 spiro atoms. The Balaban J connectivity index is 1.81. The minimum absolute atomic E-state index is 0.565. The molecule has 1 heterocycles. The van der Waals surface area contributed by atoms with Crippen LogP contribution >= 0.6 is 0 Å². The molecule has 0 aromatic heterocycles. The molecule has 2 aliphatic rings. The van der Waals surface area contributed by atoms with Gasteiger partial charge in [0.2, 0.25) is 0 Å². The number of benzene rings is 1. The average molecular weight is 272 g/mol. The molecule has 3 unspecified atom stereocenters. The molecule has 3 atom stereocenters. The summed E-state index contributed by atoms with van der Waals surface area (Å²) in [6.07, 6.45) is 7.09. The van der Waals surface area contributed by atoms with E-state index in [4.69, 9.17) is 0 Å². The molecule has 1 saturated heterocycles. The van der Waals surface area contributed by atoms with Gasteiger partial charge in [-0.1, -0.05) is 56.5 Å². The predicted molar refractivity (Wildman–Crippen MR) is 84.8 cm³/mol. The quantitative estimate of drug-likeness (QED) is 0.828. The Morgan fingerprint density at radius 2 is 1.85 bits per heavy atom. The van der Waals surface area contributed by atoms with Gasteiger partial charge in [0.05, 0.1) is 0 Å². The van der Waals surface area contributed by atoms with Crippen LogP contribution in [0.1, 0.15) is 50.6 Å². The minimum Gasteiger partial charge on any atom is -0.314 e. The first-order chi connectivity index (χ1) is 9.86. The molecule has 20 heavy (non-hydrogen) atoms. The Kier molecular flexibility index (Phi) is 4.74. The molecule has 2 nitrogen and oxygen atoms in total. The second-order valence-corrected chi connectivity index (χ2v) is 6.55. The van der Waals surface area contributed by atoms with Gasteiger partial charge in [0, 0.05) is 31.7 Å². The van der Waals surface area contributed by atoms with Gasteiger partial charge < -0.3 is 5.32 Å². The second kappa shape index (κ2) is 6.73. The van der Waals surface area contributed by atoms with Crippen LogP contribution < -0.4 is 5.32 Å². The molecular formula is C18H28N2. The van der Waals surface area contributed by atoms with E-state index in [0.29, 0.717) is 6.04 Å². The molecule has 110 valence electrons. The third-order valence-electron chi connectivity index (χ3n) is 5.21. The van der Waals surface area contributed by atoms with E-state index in [2.05, 4.69) is 47.5 Å². The Hall–Kier alpha value is -0.860. The van der Waals surface area contributed by atoms with E-state index in [1.54, 1.807) is 0 Å². The second-order valence-electron chi connectivity index (χ2n) is 6.55. The molecule has 1 aromatic carbocycles. The highest BCUT2D eigenvalue weighted by atomic mass is 15.2. The van der Waals surface area contributed by atoms with Crippen LogP contribution in [-0.4, -0.2) is 30.6 Å². The molecule has 0 amide bonds. The summed E-state index contributed by atoms with van der Waals surface area (Å²) < 4.78 is 0. The summed E-state index contributed by atoms with van der Waals surface area (Å²) in [6, 6.07) is 12.4. The fraction of sp³-hybridized carbons (Fsp3) is 0.667. The van der Waals surface area contributed by atoms with Gasteiger partial charge in [-0.25, -0.2) is 0 Å². The van der Waals surface area contributed by atoms with E-state index >= 15 is 0 Å². The van der Waals surface area contributed by atoms with E-state index in [9.17, 15) is 0 Å². The van der Waals surface area contributed by atoms with Crippen molar-refractivity contribution in [2.75, 3.05) is 19.6 Å². The van der Waals surface area contributed by atoms with Crippen LogP contribution in [-0.2, 0) is 0 Å². The minimum atomic E-state index is 0.565. The van der Waals surface area contributed by atoms with E-state index in [1.807, 2.05) is 0 Å². The largest absolute Gasteiger partial charge is 0.314 e. The van der Waals surface area contributed by atoms with Gasteiger partial charge in [-0.15, -0.1) is 0 Å². The van der Waals surface area contributed by atoms with Crippen LogP contribution in [0.5, 0.6) is 0 Å². The van der Waals surface area contributed by atoms with Gasteiger partial charge >= 0.3 is 0 Å². The molecule has 0 bridgehead atoms. The first kappa shape index (κ1) is 14.1. The topological polar surface area (TPSA) is 15.3 Å². The van der Waals surface area contributed by atoms with Crippen LogP contribution in [0, 0.1) is 5.92 Å². The summed E-state index contributed by atoms with van der Waals surface area (Å²) in [4.78, 5) is 2.81. The third kappa shape index (κ3) is 3.07. The average Bonchev–Trinajstić information content (AvgIpc) is 2.73. The van der Waals surface area contributed by atoms with Crippen molar-refractivity contribution in [3.05, 3.63) is 35.9 Å². The number of rotatable bonds is 2. The molecule has 2 heteroatoms. The fourth-order valence-corrected chi connectivity index (χ4v) is 4.07. The van der Waals surface area contributed by atoms with Crippen LogP contribution in [0.25, 0.3) is 0 Å². The summed E-state index contributed by atoms with van der Waals surface area (Å²) in [5, 5.41) is 3.59. The SMILES string of the molecule is CC1CCCCCC1N1CCNCC1c1ccccc1. The lowest BCUT2D eigenvalue weighted by Gasteiger charge is -2.44. The number of hydrogen-bond donors (Lipinski definition) is 1. The van der Waals surface area contributed by atoms with Gasteiger partial charge in [0.25, 0.3) is 0 Å². The van der Waals surface area contributed by atoms with E-state index in [0.717, 1.165) is 25.0 Å². The van der Waals surface area contributed by atoms with Gasteiger partial charge in [0.1, 0.15) is 0 Å². The molecule has 1 aliphatic carbocycles. The monoisotopic (exact) mass is 272 g/mol. The van der Waals surface area contributed by atoms with Crippen LogP contribution in [0.2, 0.25) is 0 Å². The van der Waals surface area contributed by atoms with Gasteiger partial charge in [-0.05, 0) is 24.3 Å². The summed E-state index contributed by atoms with van der Waals surface area (Å²) in [5.41, 5.74) is 1.48. The molecule has 3 rings (SSSR count). The van der Waals surface area contributed by atoms with E-state index in [-0.39, 0.29) is 0 Å². The zero-order valence-corrected chi connectivity index (χ0v) is 12.7. The number of nitrogens with one attached hydrogen (secondary N) is 1. The number of nitrogens with zero attached hydrogens (tertiary/aromatic N) is 1. The Morgan fingerprint density at radius 1 is 1.05 bits per heavy atom.